The molecule has 1 aromatic heterocycles. The van der Waals surface area contributed by atoms with E-state index in [1.807, 2.05) is 20.8 Å². The standard InChI is InChI=1S/C19H27N3O3S2/c1-13(2)11-17(19(23)22-9-5-4-6-10-22)21-27(24,25)15-7-8-16-18(12-15)26-14(3)20-16/h7-8,12-13,17,21H,4-6,9-11H2,1-3H3/t17-/m0/s1. The van der Waals surface area contributed by atoms with Gasteiger partial charge in [-0.1, -0.05) is 13.8 Å². The van der Waals surface area contributed by atoms with Gasteiger partial charge in [-0.15, -0.1) is 11.3 Å². The number of nitrogens with zero attached hydrogens (tertiary/aromatic N) is 2. The predicted molar refractivity (Wildman–Crippen MR) is 108 cm³/mol. The highest BCUT2D eigenvalue weighted by atomic mass is 32.2. The number of hydrogen-bond acceptors (Lipinski definition) is 5. The Morgan fingerprint density at radius 1 is 1.26 bits per heavy atom. The third-order valence-electron chi connectivity index (χ3n) is 4.75. The van der Waals surface area contributed by atoms with Gasteiger partial charge >= 0.3 is 0 Å². The molecule has 0 bridgehead atoms. The lowest BCUT2D eigenvalue weighted by Gasteiger charge is -2.31. The van der Waals surface area contributed by atoms with Gasteiger partial charge in [-0.05, 0) is 56.7 Å². The summed E-state index contributed by atoms with van der Waals surface area (Å²) < 4.78 is 29.4. The number of rotatable bonds is 6. The molecule has 6 nitrogen and oxygen atoms in total. The van der Waals surface area contributed by atoms with Crippen molar-refractivity contribution in [3.8, 4) is 0 Å². The van der Waals surface area contributed by atoms with E-state index in [1.54, 1.807) is 23.1 Å². The molecule has 1 amide bonds. The smallest absolute Gasteiger partial charge is 0.241 e. The van der Waals surface area contributed by atoms with Crippen LogP contribution in [0.15, 0.2) is 23.1 Å². The molecular weight excluding hydrogens is 382 g/mol. The summed E-state index contributed by atoms with van der Waals surface area (Å²) in [6.45, 7) is 7.31. The summed E-state index contributed by atoms with van der Waals surface area (Å²) in [5.74, 6) is 0.0970. The lowest BCUT2D eigenvalue weighted by molar-refractivity contribution is -0.134. The number of piperidine rings is 1. The topological polar surface area (TPSA) is 79.4 Å². The Hall–Kier alpha value is -1.51. The van der Waals surface area contributed by atoms with Crippen molar-refractivity contribution in [3.63, 3.8) is 0 Å². The van der Waals surface area contributed by atoms with E-state index in [4.69, 9.17) is 0 Å². The first-order valence-corrected chi connectivity index (χ1v) is 11.7. The van der Waals surface area contributed by atoms with Crippen LogP contribution in [-0.2, 0) is 14.8 Å². The van der Waals surface area contributed by atoms with Gasteiger partial charge in [0.05, 0.1) is 20.1 Å². The summed E-state index contributed by atoms with van der Waals surface area (Å²) in [6, 6.07) is 4.19. The number of carbonyl (C=O) groups excluding carboxylic acids is 1. The van der Waals surface area contributed by atoms with E-state index in [1.165, 1.54) is 11.3 Å². The molecule has 1 aliphatic heterocycles. The summed E-state index contributed by atoms with van der Waals surface area (Å²) in [7, 11) is -3.79. The Labute approximate surface area is 165 Å². The van der Waals surface area contributed by atoms with Crippen LogP contribution in [0, 0.1) is 12.8 Å². The van der Waals surface area contributed by atoms with Crippen LogP contribution < -0.4 is 4.72 Å². The van der Waals surface area contributed by atoms with E-state index in [-0.39, 0.29) is 16.7 Å². The van der Waals surface area contributed by atoms with Crippen molar-refractivity contribution in [2.75, 3.05) is 13.1 Å². The average Bonchev–Trinajstić information content (AvgIpc) is 3.00. The first kappa shape index (κ1) is 20.2. The third kappa shape index (κ3) is 4.86. The lowest BCUT2D eigenvalue weighted by atomic mass is 10.0. The number of aryl methyl sites for hydroxylation is 1. The van der Waals surface area contributed by atoms with Gasteiger partial charge in [-0.3, -0.25) is 4.79 Å². The lowest BCUT2D eigenvalue weighted by Crippen LogP contribution is -2.50. The molecule has 2 heterocycles. The second-order valence-corrected chi connectivity index (χ2v) is 10.5. The normalized spacial score (nSPS) is 16.8. The number of likely N-dealkylation sites (tertiary alicyclic amines) is 1. The molecule has 0 saturated carbocycles. The third-order valence-corrected chi connectivity index (χ3v) is 7.15. The molecule has 1 aromatic carbocycles. The Morgan fingerprint density at radius 2 is 1.96 bits per heavy atom. The molecule has 1 atom stereocenters. The van der Waals surface area contributed by atoms with Gasteiger partial charge in [0.25, 0.3) is 0 Å². The molecule has 1 aliphatic rings. The monoisotopic (exact) mass is 409 g/mol. The van der Waals surface area contributed by atoms with Crippen LogP contribution in [0.5, 0.6) is 0 Å². The van der Waals surface area contributed by atoms with E-state index in [0.717, 1.165) is 34.5 Å². The number of thiazole rings is 1. The maximum atomic E-state index is 13.0. The molecule has 148 valence electrons. The molecule has 0 aliphatic carbocycles. The maximum absolute atomic E-state index is 13.0. The Bertz CT molecular complexity index is 915. The van der Waals surface area contributed by atoms with Gasteiger partial charge < -0.3 is 4.90 Å². The van der Waals surface area contributed by atoms with E-state index in [0.29, 0.717) is 19.5 Å². The summed E-state index contributed by atoms with van der Waals surface area (Å²) in [5, 5.41) is 0.894. The van der Waals surface area contributed by atoms with Crippen molar-refractivity contribution in [1.29, 1.82) is 0 Å². The average molecular weight is 410 g/mol. The fourth-order valence-electron chi connectivity index (χ4n) is 3.45. The molecule has 3 rings (SSSR count). The first-order valence-electron chi connectivity index (χ1n) is 9.44. The van der Waals surface area contributed by atoms with Crippen molar-refractivity contribution >= 4 is 37.5 Å². The molecule has 0 unspecified atom stereocenters. The number of carbonyl (C=O) groups is 1. The molecule has 8 heteroatoms. The molecule has 27 heavy (non-hydrogen) atoms. The summed E-state index contributed by atoms with van der Waals surface area (Å²) in [6.07, 6.45) is 3.57. The summed E-state index contributed by atoms with van der Waals surface area (Å²) >= 11 is 1.46. The quantitative estimate of drug-likeness (QED) is 0.794. The number of aromatic nitrogens is 1. The zero-order valence-electron chi connectivity index (χ0n) is 16.1. The number of benzene rings is 1. The maximum Gasteiger partial charge on any atom is 0.241 e. The van der Waals surface area contributed by atoms with Crippen molar-refractivity contribution in [1.82, 2.24) is 14.6 Å². The second kappa shape index (κ2) is 8.24. The van der Waals surface area contributed by atoms with Gasteiger partial charge in [0.1, 0.15) is 6.04 Å². The Kier molecular flexibility index (Phi) is 6.18. The Morgan fingerprint density at radius 3 is 2.63 bits per heavy atom. The van der Waals surface area contributed by atoms with Gasteiger partial charge in [0.2, 0.25) is 15.9 Å². The molecule has 0 radical (unpaired) electrons. The first-order chi connectivity index (χ1) is 12.8. The van der Waals surface area contributed by atoms with Crippen LogP contribution in [0.2, 0.25) is 0 Å². The van der Waals surface area contributed by atoms with Gasteiger partial charge in [-0.25, -0.2) is 13.4 Å². The Balaban J connectivity index is 1.84. The number of nitrogens with one attached hydrogen (secondary N) is 1. The summed E-state index contributed by atoms with van der Waals surface area (Å²) in [5.41, 5.74) is 0.791. The molecular formula is C19H27N3O3S2. The number of fused-ring (bicyclic) bond motifs is 1. The zero-order chi connectivity index (χ0) is 19.6. The van der Waals surface area contributed by atoms with Crippen molar-refractivity contribution in [3.05, 3.63) is 23.2 Å². The highest BCUT2D eigenvalue weighted by Crippen LogP contribution is 2.25. The predicted octanol–water partition coefficient (Wildman–Crippen LogP) is 3.31. The molecule has 2 aromatic rings. The van der Waals surface area contributed by atoms with Crippen LogP contribution in [-0.4, -0.2) is 43.3 Å². The molecule has 1 N–H and O–H groups in total. The number of hydrogen-bond donors (Lipinski definition) is 1. The highest BCUT2D eigenvalue weighted by molar-refractivity contribution is 7.89. The fourth-order valence-corrected chi connectivity index (χ4v) is 5.62. The largest absolute Gasteiger partial charge is 0.341 e. The van der Waals surface area contributed by atoms with Crippen LogP contribution in [0.25, 0.3) is 10.2 Å². The highest BCUT2D eigenvalue weighted by Gasteiger charge is 2.30. The van der Waals surface area contributed by atoms with Crippen LogP contribution in [0.4, 0.5) is 0 Å². The van der Waals surface area contributed by atoms with E-state index < -0.39 is 16.1 Å². The SMILES string of the molecule is Cc1nc2ccc(S(=O)(=O)N[C@@H](CC(C)C)C(=O)N3CCCCC3)cc2s1. The van der Waals surface area contributed by atoms with E-state index >= 15 is 0 Å². The van der Waals surface area contributed by atoms with Crippen LogP contribution >= 0.6 is 11.3 Å². The van der Waals surface area contributed by atoms with E-state index in [2.05, 4.69) is 9.71 Å². The zero-order valence-corrected chi connectivity index (χ0v) is 17.7. The van der Waals surface area contributed by atoms with E-state index in [9.17, 15) is 13.2 Å². The van der Waals surface area contributed by atoms with Crippen molar-refractivity contribution in [2.45, 2.75) is 57.4 Å². The van der Waals surface area contributed by atoms with Crippen molar-refractivity contribution < 1.29 is 13.2 Å². The minimum Gasteiger partial charge on any atom is -0.341 e. The van der Waals surface area contributed by atoms with Crippen LogP contribution in [0.3, 0.4) is 0 Å². The minimum atomic E-state index is -3.79. The van der Waals surface area contributed by atoms with Gasteiger partial charge in [0, 0.05) is 13.1 Å². The molecule has 0 spiro atoms. The van der Waals surface area contributed by atoms with Crippen LogP contribution in [0.1, 0.15) is 44.5 Å². The fraction of sp³-hybridized carbons (Fsp3) is 0.579. The molecule has 1 saturated heterocycles. The second-order valence-electron chi connectivity index (χ2n) is 7.55. The minimum absolute atomic E-state index is 0.110. The van der Waals surface area contributed by atoms with Crippen molar-refractivity contribution in [2.24, 2.45) is 5.92 Å². The number of sulfonamides is 1. The molecule has 1 fully saturated rings. The van der Waals surface area contributed by atoms with Gasteiger partial charge in [0.15, 0.2) is 0 Å². The van der Waals surface area contributed by atoms with Gasteiger partial charge in [-0.2, -0.15) is 4.72 Å². The number of amides is 1. The summed E-state index contributed by atoms with van der Waals surface area (Å²) in [4.78, 5) is 19.3.